The predicted octanol–water partition coefficient (Wildman–Crippen LogP) is 4.46. The maximum atomic E-state index is 5.54. The van der Waals surface area contributed by atoms with Crippen molar-refractivity contribution in [3.63, 3.8) is 0 Å². The van der Waals surface area contributed by atoms with Gasteiger partial charge in [-0.15, -0.1) is 13.2 Å². The van der Waals surface area contributed by atoms with Crippen molar-refractivity contribution in [3.05, 3.63) is 25.3 Å². The van der Waals surface area contributed by atoms with Gasteiger partial charge in [0.25, 0.3) is 0 Å². The summed E-state index contributed by atoms with van der Waals surface area (Å²) in [5.41, 5.74) is 0. The third kappa shape index (κ3) is 10.7. The maximum absolute atomic E-state index is 5.54. The Balaban J connectivity index is 3.23. The molecule has 0 saturated carbocycles. The zero-order valence-electron chi connectivity index (χ0n) is 9.13. The van der Waals surface area contributed by atoms with E-state index < -0.39 is 0 Å². The number of halogens is 2. The van der Waals surface area contributed by atoms with E-state index in [9.17, 15) is 0 Å². The van der Waals surface area contributed by atoms with Gasteiger partial charge in [-0.05, 0) is 25.7 Å². The van der Waals surface area contributed by atoms with E-state index >= 15 is 0 Å². The highest BCUT2D eigenvalue weighted by atomic mass is 79.9. The van der Waals surface area contributed by atoms with Gasteiger partial charge in [-0.1, -0.05) is 44.0 Å². The Labute approximate surface area is 110 Å². The lowest BCUT2D eigenvalue weighted by Gasteiger charge is -2.09. The summed E-state index contributed by atoms with van der Waals surface area (Å²) in [4.78, 5) is 1.01. The lowest BCUT2D eigenvalue weighted by Crippen LogP contribution is -2.07. The van der Waals surface area contributed by atoms with E-state index in [0.29, 0.717) is 9.65 Å². The molecule has 1 nitrogen and oxygen atoms in total. The van der Waals surface area contributed by atoms with Gasteiger partial charge in [0, 0.05) is 22.9 Å². The van der Waals surface area contributed by atoms with Crippen molar-refractivity contribution in [2.75, 3.05) is 13.2 Å². The minimum atomic E-state index is 0.503. The quantitative estimate of drug-likeness (QED) is 0.324. The van der Waals surface area contributed by atoms with E-state index in [1.807, 2.05) is 12.2 Å². The summed E-state index contributed by atoms with van der Waals surface area (Å²) in [6.07, 6.45) is 7.94. The molecule has 0 rings (SSSR count). The maximum Gasteiger partial charge on any atom is 0.0476 e. The Morgan fingerprint density at radius 2 is 1.33 bits per heavy atom. The van der Waals surface area contributed by atoms with Crippen LogP contribution in [0.4, 0.5) is 0 Å². The molecule has 0 aliphatic heterocycles. The summed E-state index contributed by atoms with van der Waals surface area (Å²) in [7, 11) is 0. The minimum absolute atomic E-state index is 0.503. The molecule has 0 N–H and O–H groups in total. The second-order valence-corrected chi connectivity index (χ2v) is 6.02. The van der Waals surface area contributed by atoms with Crippen LogP contribution in [0, 0.1) is 0 Å². The molecule has 0 spiro atoms. The molecule has 2 atom stereocenters. The second kappa shape index (κ2) is 10.9. The Hall–Kier alpha value is 0.400. The molecule has 0 aliphatic carbocycles. The largest absolute Gasteiger partial charge is 0.381 e. The molecule has 15 heavy (non-hydrogen) atoms. The lowest BCUT2D eigenvalue weighted by molar-refractivity contribution is 0.129. The molecule has 0 amide bonds. The fraction of sp³-hybridized carbons (Fsp3) is 0.667. The number of hydrogen-bond acceptors (Lipinski definition) is 1. The summed E-state index contributed by atoms with van der Waals surface area (Å²) >= 11 is 7.14. The van der Waals surface area contributed by atoms with Gasteiger partial charge in [0.1, 0.15) is 0 Å². The fourth-order valence-electron chi connectivity index (χ4n) is 1.12. The van der Waals surface area contributed by atoms with Crippen molar-refractivity contribution in [3.8, 4) is 0 Å². The molecular formula is C12H20Br2O. The first kappa shape index (κ1) is 15.4. The molecule has 0 aromatic carbocycles. The standard InChI is InChI=1S/C12H20Br2O/c1-3-5-11(13)7-9-15-10-8-12(14)6-4-2/h3-4,11-12H,1-2,5-10H2. The van der Waals surface area contributed by atoms with Crippen molar-refractivity contribution in [1.29, 1.82) is 0 Å². The summed E-state index contributed by atoms with van der Waals surface area (Å²) < 4.78 is 5.54. The third-order valence-electron chi connectivity index (χ3n) is 2.00. The van der Waals surface area contributed by atoms with Crippen LogP contribution in [0.2, 0.25) is 0 Å². The van der Waals surface area contributed by atoms with E-state index in [1.165, 1.54) is 0 Å². The van der Waals surface area contributed by atoms with Crippen LogP contribution in [0.1, 0.15) is 25.7 Å². The average molecular weight is 340 g/mol. The Kier molecular flexibility index (Phi) is 11.2. The zero-order valence-corrected chi connectivity index (χ0v) is 12.3. The van der Waals surface area contributed by atoms with Crippen LogP contribution in [0.5, 0.6) is 0 Å². The SMILES string of the molecule is C=CCC(Br)CCOCCC(Br)CC=C. The first-order chi connectivity index (χ1) is 7.20. The zero-order chi connectivity index (χ0) is 11.5. The van der Waals surface area contributed by atoms with Crippen molar-refractivity contribution in [2.24, 2.45) is 0 Å². The number of ether oxygens (including phenoxy) is 1. The molecule has 0 radical (unpaired) electrons. The number of hydrogen-bond donors (Lipinski definition) is 0. The number of rotatable bonds is 10. The monoisotopic (exact) mass is 338 g/mol. The van der Waals surface area contributed by atoms with E-state index in [2.05, 4.69) is 45.0 Å². The molecule has 0 bridgehead atoms. The molecular weight excluding hydrogens is 320 g/mol. The third-order valence-corrected chi connectivity index (χ3v) is 3.66. The van der Waals surface area contributed by atoms with Gasteiger partial charge in [0.05, 0.1) is 0 Å². The van der Waals surface area contributed by atoms with Crippen molar-refractivity contribution in [1.82, 2.24) is 0 Å². The molecule has 0 saturated heterocycles. The van der Waals surface area contributed by atoms with Crippen LogP contribution in [0.25, 0.3) is 0 Å². The average Bonchev–Trinajstić information content (AvgIpc) is 2.18. The van der Waals surface area contributed by atoms with Crippen molar-refractivity contribution >= 4 is 31.9 Å². The fourth-order valence-corrected chi connectivity index (χ4v) is 2.02. The highest BCUT2D eigenvalue weighted by Crippen LogP contribution is 2.12. The van der Waals surface area contributed by atoms with Gasteiger partial charge in [-0.2, -0.15) is 0 Å². The topological polar surface area (TPSA) is 9.23 Å². The summed E-state index contributed by atoms with van der Waals surface area (Å²) in [6.45, 7) is 9.04. The van der Waals surface area contributed by atoms with Crippen LogP contribution >= 0.6 is 31.9 Å². The molecule has 0 aromatic rings. The number of allylic oxidation sites excluding steroid dienone is 2. The van der Waals surface area contributed by atoms with Crippen LogP contribution in [-0.2, 0) is 4.74 Å². The van der Waals surface area contributed by atoms with Gasteiger partial charge in [0.15, 0.2) is 0 Å². The van der Waals surface area contributed by atoms with Gasteiger partial charge < -0.3 is 4.74 Å². The first-order valence-electron chi connectivity index (χ1n) is 5.28. The van der Waals surface area contributed by atoms with Gasteiger partial charge >= 0.3 is 0 Å². The smallest absolute Gasteiger partial charge is 0.0476 e. The van der Waals surface area contributed by atoms with E-state index in [1.54, 1.807) is 0 Å². The summed E-state index contributed by atoms with van der Waals surface area (Å²) in [6, 6.07) is 0. The van der Waals surface area contributed by atoms with E-state index in [-0.39, 0.29) is 0 Å². The van der Waals surface area contributed by atoms with Crippen molar-refractivity contribution in [2.45, 2.75) is 35.3 Å². The van der Waals surface area contributed by atoms with E-state index in [0.717, 1.165) is 38.9 Å². The molecule has 0 fully saturated rings. The highest BCUT2D eigenvalue weighted by Gasteiger charge is 2.03. The molecule has 0 heterocycles. The van der Waals surface area contributed by atoms with Crippen LogP contribution in [0.3, 0.4) is 0 Å². The molecule has 2 unspecified atom stereocenters. The molecule has 0 aliphatic rings. The lowest BCUT2D eigenvalue weighted by atomic mass is 10.2. The Bertz CT molecular complexity index is 153. The van der Waals surface area contributed by atoms with Crippen molar-refractivity contribution < 1.29 is 4.74 Å². The van der Waals surface area contributed by atoms with Gasteiger partial charge in [0.2, 0.25) is 0 Å². The molecule has 0 aromatic heterocycles. The van der Waals surface area contributed by atoms with Crippen LogP contribution in [0.15, 0.2) is 25.3 Å². The van der Waals surface area contributed by atoms with Gasteiger partial charge in [-0.25, -0.2) is 0 Å². The molecule has 3 heteroatoms. The van der Waals surface area contributed by atoms with Crippen LogP contribution < -0.4 is 0 Å². The van der Waals surface area contributed by atoms with E-state index in [4.69, 9.17) is 4.74 Å². The first-order valence-corrected chi connectivity index (χ1v) is 7.11. The summed E-state index contributed by atoms with van der Waals surface area (Å²) in [5.74, 6) is 0. The molecule has 88 valence electrons. The highest BCUT2D eigenvalue weighted by molar-refractivity contribution is 9.09. The predicted molar refractivity (Wildman–Crippen MR) is 75.1 cm³/mol. The number of alkyl halides is 2. The van der Waals surface area contributed by atoms with Crippen LogP contribution in [-0.4, -0.2) is 22.9 Å². The Morgan fingerprint density at radius 3 is 1.67 bits per heavy atom. The second-order valence-electron chi connectivity index (χ2n) is 3.43. The van der Waals surface area contributed by atoms with Gasteiger partial charge in [-0.3, -0.25) is 0 Å². The summed E-state index contributed by atoms with van der Waals surface area (Å²) in [5, 5.41) is 0. The Morgan fingerprint density at radius 1 is 0.933 bits per heavy atom. The normalized spacial score (nSPS) is 14.5. The minimum Gasteiger partial charge on any atom is -0.381 e.